The molecule has 0 bridgehead atoms. The van der Waals surface area contributed by atoms with Crippen molar-refractivity contribution >= 4 is 46.3 Å². The van der Waals surface area contributed by atoms with E-state index in [1.807, 2.05) is 6.07 Å². The van der Waals surface area contributed by atoms with Crippen molar-refractivity contribution in [3.05, 3.63) is 76.4 Å². The van der Waals surface area contributed by atoms with Gasteiger partial charge in [0.1, 0.15) is 10.1 Å². The quantitative estimate of drug-likeness (QED) is 0.452. The number of carbonyl (C=O) groups excluding carboxylic acids is 2. The summed E-state index contributed by atoms with van der Waals surface area (Å²) in [5.41, 5.74) is 1.28. The second-order valence-electron chi connectivity index (χ2n) is 5.44. The third-order valence-corrected chi connectivity index (χ3v) is 5.12. The molecule has 1 saturated heterocycles. The molecule has 0 aromatic heterocycles. The first kappa shape index (κ1) is 18.3. The molecule has 2 aromatic rings. The number of amides is 1. The third kappa shape index (κ3) is 3.68. The Balaban J connectivity index is 1.96. The van der Waals surface area contributed by atoms with Crippen molar-refractivity contribution in [1.82, 2.24) is 4.90 Å². The van der Waals surface area contributed by atoms with Gasteiger partial charge in [-0.25, -0.2) is 9.18 Å². The monoisotopic (exact) mass is 387 g/mol. The summed E-state index contributed by atoms with van der Waals surface area (Å²) in [6, 6.07) is 13.7. The molecule has 2 aromatic carbocycles. The highest BCUT2D eigenvalue weighted by Gasteiger charge is 2.41. The van der Waals surface area contributed by atoms with Gasteiger partial charge in [-0.15, -0.1) is 0 Å². The minimum atomic E-state index is -0.951. The summed E-state index contributed by atoms with van der Waals surface area (Å²) in [4.78, 5) is 26.9. The van der Waals surface area contributed by atoms with E-state index in [1.165, 1.54) is 24.1 Å². The molecule has 1 fully saturated rings. The van der Waals surface area contributed by atoms with Gasteiger partial charge < -0.3 is 4.74 Å². The average molecular weight is 387 g/mol. The molecule has 26 heavy (non-hydrogen) atoms. The number of ether oxygens (including phenoxy) is 1. The van der Waals surface area contributed by atoms with Gasteiger partial charge in [-0.3, -0.25) is 9.69 Å². The van der Waals surface area contributed by atoms with Crippen molar-refractivity contribution in [1.29, 1.82) is 0 Å². The van der Waals surface area contributed by atoms with E-state index in [-0.39, 0.29) is 16.0 Å². The number of halogens is 1. The molecule has 1 aliphatic heterocycles. The van der Waals surface area contributed by atoms with Gasteiger partial charge in [0.05, 0.1) is 12.0 Å². The van der Waals surface area contributed by atoms with Gasteiger partial charge in [0.25, 0.3) is 5.91 Å². The maximum Gasteiger partial charge on any atom is 0.333 e. The minimum Gasteiger partial charge on any atom is -0.467 e. The average Bonchev–Trinajstić information content (AvgIpc) is 2.92. The predicted molar refractivity (Wildman–Crippen MR) is 103 cm³/mol. The lowest BCUT2D eigenvalue weighted by Gasteiger charge is -2.24. The Hall–Kier alpha value is -2.51. The number of carbonyl (C=O) groups is 2. The smallest absolute Gasteiger partial charge is 0.333 e. The van der Waals surface area contributed by atoms with Crippen LogP contribution in [0.4, 0.5) is 4.39 Å². The molecule has 0 N–H and O–H groups in total. The zero-order chi connectivity index (χ0) is 18.7. The molecule has 0 aliphatic carbocycles. The third-order valence-electron chi connectivity index (χ3n) is 3.79. The highest BCUT2D eigenvalue weighted by molar-refractivity contribution is 8.26. The topological polar surface area (TPSA) is 46.6 Å². The van der Waals surface area contributed by atoms with Gasteiger partial charge in [-0.2, -0.15) is 0 Å². The van der Waals surface area contributed by atoms with E-state index in [4.69, 9.17) is 17.0 Å². The van der Waals surface area contributed by atoms with E-state index in [0.717, 1.165) is 11.8 Å². The van der Waals surface area contributed by atoms with Crippen molar-refractivity contribution in [2.75, 3.05) is 7.11 Å². The standard InChI is InChI=1S/C19H14FNO3S2/c1-24-18(23)16(13-5-3-2-4-6-13)21-17(22)15(26-19(21)25)11-12-7-9-14(20)10-8-12/h2-11,16H,1H3/b15-11+. The molecule has 1 amide bonds. The van der Waals surface area contributed by atoms with Crippen LogP contribution in [0.15, 0.2) is 59.5 Å². The van der Waals surface area contributed by atoms with Gasteiger partial charge in [-0.05, 0) is 29.3 Å². The number of benzene rings is 2. The van der Waals surface area contributed by atoms with E-state index in [1.54, 1.807) is 42.5 Å². The number of hydrogen-bond donors (Lipinski definition) is 0. The summed E-state index contributed by atoms with van der Waals surface area (Å²) >= 11 is 6.43. The molecule has 3 rings (SSSR count). The van der Waals surface area contributed by atoms with Gasteiger partial charge >= 0.3 is 5.97 Å². The molecular formula is C19H14FNO3S2. The molecule has 1 aliphatic rings. The van der Waals surface area contributed by atoms with Gasteiger partial charge in [0, 0.05) is 0 Å². The molecular weight excluding hydrogens is 373 g/mol. The molecule has 1 heterocycles. The first-order valence-corrected chi connectivity index (χ1v) is 8.89. The van der Waals surface area contributed by atoms with Crippen LogP contribution in [0.5, 0.6) is 0 Å². The second kappa shape index (κ2) is 7.80. The summed E-state index contributed by atoms with van der Waals surface area (Å²) in [6.07, 6.45) is 1.62. The van der Waals surface area contributed by atoms with Crippen molar-refractivity contribution < 1.29 is 18.7 Å². The van der Waals surface area contributed by atoms with E-state index >= 15 is 0 Å². The SMILES string of the molecule is COC(=O)C(c1ccccc1)N1C(=O)/C(=C\c2ccc(F)cc2)SC1=S. The minimum absolute atomic E-state index is 0.266. The second-order valence-corrected chi connectivity index (χ2v) is 7.12. The van der Waals surface area contributed by atoms with Crippen molar-refractivity contribution in [3.63, 3.8) is 0 Å². The predicted octanol–water partition coefficient (Wildman–Crippen LogP) is 3.94. The fourth-order valence-electron chi connectivity index (χ4n) is 2.55. The van der Waals surface area contributed by atoms with Crippen LogP contribution in [-0.2, 0) is 14.3 Å². The first-order valence-electron chi connectivity index (χ1n) is 7.66. The summed E-state index contributed by atoms with van der Waals surface area (Å²) < 4.78 is 18.2. The molecule has 7 heteroatoms. The van der Waals surface area contributed by atoms with Crippen LogP contribution in [0.3, 0.4) is 0 Å². The van der Waals surface area contributed by atoms with Crippen LogP contribution in [-0.4, -0.2) is 28.2 Å². The Kier molecular flexibility index (Phi) is 5.49. The normalized spacial score (nSPS) is 16.8. The largest absolute Gasteiger partial charge is 0.467 e. The highest BCUT2D eigenvalue weighted by Crippen LogP contribution is 2.38. The summed E-state index contributed by atoms with van der Waals surface area (Å²) in [5, 5.41) is 0. The van der Waals surface area contributed by atoms with Crippen LogP contribution in [0.25, 0.3) is 6.08 Å². The Bertz CT molecular complexity index is 881. The van der Waals surface area contributed by atoms with Gasteiger partial charge in [0.15, 0.2) is 6.04 Å². The van der Waals surface area contributed by atoms with Crippen LogP contribution in [0.2, 0.25) is 0 Å². The molecule has 0 spiro atoms. The van der Waals surface area contributed by atoms with E-state index in [9.17, 15) is 14.0 Å². The van der Waals surface area contributed by atoms with Crippen molar-refractivity contribution in [2.24, 2.45) is 0 Å². The van der Waals surface area contributed by atoms with Crippen molar-refractivity contribution in [3.8, 4) is 0 Å². The van der Waals surface area contributed by atoms with Crippen LogP contribution in [0.1, 0.15) is 17.2 Å². The summed E-state index contributed by atoms with van der Waals surface area (Å²) in [7, 11) is 1.27. The number of methoxy groups -OCH3 is 1. The van der Waals surface area contributed by atoms with Gasteiger partial charge in [-0.1, -0.05) is 66.4 Å². The Morgan fingerprint density at radius 2 is 1.85 bits per heavy atom. The Labute approximate surface area is 159 Å². The Morgan fingerprint density at radius 1 is 1.19 bits per heavy atom. The number of hydrogen-bond acceptors (Lipinski definition) is 5. The van der Waals surface area contributed by atoms with Crippen molar-refractivity contribution in [2.45, 2.75) is 6.04 Å². The van der Waals surface area contributed by atoms with Gasteiger partial charge in [0.2, 0.25) is 0 Å². The van der Waals surface area contributed by atoms with Crippen LogP contribution in [0, 0.1) is 5.82 Å². The fourth-order valence-corrected chi connectivity index (χ4v) is 3.86. The zero-order valence-electron chi connectivity index (χ0n) is 13.7. The molecule has 132 valence electrons. The summed E-state index contributed by atoms with van der Waals surface area (Å²) in [5.74, 6) is -1.32. The number of rotatable bonds is 4. The van der Waals surface area contributed by atoms with Crippen LogP contribution < -0.4 is 0 Å². The summed E-state index contributed by atoms with van der Waals surface area (Å²) in [6.45, 7) is 0. The van der Waals surface area contributed by atoms with E-state index < -0.39 is 12.0 Å². The van der Waals surface area contributed by atoms with Crippen LogP contribution >= 0.6 is 24.0 Å². The number of thioether (sulfide) groups is 1. The Morgan fingerprint density at radius 3 is 2.46 bits per heavy atom. The molecule has 1 atom stereocenters. The maximum absolute atomic E-state index is 13.0. The van der Waals surface area contributed by atoms with E-state index in [0.29, 0.717) is 16.0 Å². The first-order chi connectivity index (χ1) is 12.5. The molecule has 0 saturated carbocycles. The number of nitrogens with zero attached hydrogens (tertiary/aromatic N) is 1. The molecule has 4 nitrogen and oxygen atoms in total. The lowest BCUT2D eigenvalue weighted by atomic mass is 10.1. The zero-order valence-corrected chi connectivity index (χ0v) is 15.4. The highest BCUT2D eigenvalue weighted by atomic mass is 32.2. The molecule has 0 radical (unpaired) electrons. The lowest BCUT2D eigenvalue weighted by molar-refractivity contribution is -0.148. The number of esters is 1. The fraction of sp³-hybridized carbons (Fsp3) is 0.105. The maximum atomic E-state index is 13.0. The lowest BCUT2D eigenvalue weighted by Crippen LogP contribution is -2.37. The molecule has 1 unspecified atom stereocenters. The number of thiocarbonyl (C=S) groups is 1. The van der Waals surface area contributed by atoms with E-state index in [2.05, 4.69) is 0 Å².